The Morgan fingerprint density at radius 1 is 0.625 bits per heavy atom. The number of nitrogens with zero attached hydrogens (tertiary/aromatic N) is 2. The normalized spacial score (nSPS) is 11.1. The fourth-order valence-corrected chi connectivity index (χ4v) is 3.74. The summed E-state index contributed by atoms with van der Waals surface area (Å²) in [6.07, 6.45) is 3.77. The maximum atomic E-state index is 5.80. The van der Waals surface area contributed by atoms with Crippen molar-refractivity contribution in [2.45, 2.75) is 53.6 Å². The van der Waals surface area contributed by atoms with Gasteiger partial charge in [0.2, 0.25) is 0 Å². The lowest BCUT2D eigenvalue weighted by Gasteiger charge is -2.18. The molecule has 170 valence electrons. The van der Waals surface area contributed by atoms with Crippen LogP contribution in [0.4, 0.5) is 11.6 Å². The summed E-state index contributed by atoms with van der Waals surface area (Å²) in [5, 5.41) is 6.70. The predicted molar refractivity (Wildman–Crippen MR) is 133 cm³/mol. The molecule has 0 saturated carbocycles. The van der Waals surface area contributed by atoms with E-state index in [1.165, 1.54) is 0 Å². The van der Waals surface area contributed by atoms with Gasteiger partial charge in [0.15, 0.2) is 0 Å². The van der Waals surface area contributed by atoms with Gasteiger partial charge in [-0.2, -0.15) is 0 Å². The van der Waals surface area contributed by atoms with Gasteiger partial charge in [0.25, 0.3) is 0 Å². The quantitative estimate of drug-likeness (QED) is 0.447. The molecule has 2 heterocycles. The standard InChI is InChI=1S/C26H34N4O2/c1-15(2)29-25-9-17(5)21(13-27-25)19-11-24(32-8)20(12-23(19)31-7)22-14-28-26(10-18(22)6)30-16(3)4/h9-16H,1-8H3,(H,27,29)(H,28,30). The molecule has 2 N–H and O–H groups in total. The molecule has 6 heteroatoms. The molecule has 32 heavy (non-hydrogen) atoms. The number of hydrogen-bond acceptors (Lipinski definition) is 6. The number of benzene rings is 1. The maximum absolute atomic E-state index is 5.80. The van der Waals surface area contributed by atoms with Gasteiger partial charge < -0.3 is 20.1 Å². The van der Waals surface area contributed by atoms with Crippen molar-refractivity contribution in [2.75, 3.05) is 24.9 Å². The largest absolute Gasteiger partial charge is 0.496 e. The van der Waals surface area contributed by atoms with E-state index in [0.29, 0.717) is 12.1 Å². The van der Waals surface area contributed by atoms with Crippen LogP contribution in [0.25, 0.3) is 22.3 Å². The van der Waals surface area contributed by atoms with Crippen LogP contribution >= 0.6 is 0 Å². The van der Waals surface area contributed by atoms with Crippen LogP contribution in [0, 0.1) is 13.8 Å². The Balaban J connectivity index is 2.08. The topological polar surface area (TPSA) is 68.3 Å². The maximum Gasteiger partial charge on any atom is 0.127 e. The molecule has 0 fully saturated rings. The summed E-state index contributed by atoms with van der Waals surface area (Å²) >= 11 is 0. The Morgan fingerprint density at radius 3 is 1.28 bits per heavy atom. The van der Waals surface area contributed by atoms with E-state index in [4.69, 9.17) is 9.47 Å². The first-order chi connectivity index (χ1) is 15.2. The molecule has 0 aliphatic carbocycles. The average molecular weight is 435 g/mol. The predicted octanol–water partition coefficient (Wildman–Crippen LogP) is 6.09. The zero-order chi connectivity index (χ0) is 23.4. The first kappa shape index (κ1) is 23.4. The van der Waals surface area contributed by atoms with E-state index in [1.54, 1.807) is 14.2 Å². The summed E-state index contributed by atoms with van der Waals surface area (Å²) in [4.78, 5) is 9.18. The molecule has 0 aliphatic rings. The molecule has 0 radical (unpaired) electrons. The van der Waals surface area contributed by atoms with Crippen molar-refractivity contribution in [2.24, 2.45) is 0 Å². The summed E-state index contributed by atoms with van der Waals surface area (Å²) in [5.74, 6) is 3.25. The summed E-state index contributed by atoms with van der Waals surface area (Å²) in [6.45, 7) is 12.5. The van der Waals surface area contributed by atoms with Gasteiger partial charge in [-0.3, -0.25) is 0 Å². The van der Waals surface area contributed by atoms with E-state index in [-0.39, 0.29) is 0 Å². The van der Waals surface area contributed by atoms with Crippen molar-refractivity contribution >= 4 is 11.6 Å². The molecule has 3 aromatic rings. The molecular formula is C26H34N4O2. The van der Waals surface area contributed by atoms with Crippen LogP contribution in [-0.2, 0) is 0 Å². The number of aryl methyl sites for hydroxylation is 2. The molecule has 3 rings (SSSR count). The van der Waals surface area contributed by atoms with E-state index >= 15 is 0 Å². The van der Waals surface area contributed by atoms with E-state index in [9.17, 15) is 0 Å². The van der Waals surface area contributed by atoms with Crippen LogP contribution in [-0.4, -0.2) is 36.3 Å². The molecule has 1 aromatic carbocycles. The summed E-state index contributed by atoms with van der Waals surface area (Å²) < 4.78 is 11.6. The van der Waals surface area contributed by atoms with Crippen LogP contribution in [0.3, 0.4) is 0 Å². The molecule has 0 bridgehead atoms. The SMILES string of the molecule is COc1cc(-c2cnc(NC(C)C)cc2C)c(OC)cc1-c1cnc(NC(C)C)cc1C. The minimum absolute atomic E-state index is 0.320. The van der Waals surface area contributed by atoms with Gasteiger partial charge in [-0.15, -0.1) is 0 Å². The molecule has 6 nitrogen and oxygen atoms in total. The Hall–Kier alpha value is -3.28. The molecule has 2 aromatic heterocycles. The Kier molecular flexibility index (Phi) is 7.23. The highest BCUT2D eigenvalue weighted by molar-refractivity contribution is 5.83. The average Bonchev–Trinajstić information content (AvgIpc) is 2.72. The molecule has 0 atom stereocenters. The molecule has 0 spiro atoms. The first-order valence-electron chi connectivity index (χ1n) is 11.0. The molecule has 0 amide bonds. The lowest BCUT2D eigenvalue weighted by molar-refractivity contribution is 0.406. The van der Waals surface area contributed by atoms with Crippen LogP contribution in [0.15, 0.2) is 36.7 Å². The third kappa shape index (κ3) is 5.13. The van der Waals surface area contributed by atoms with Crippen molar-refractivity contribution < 1.29 is 9.47 Å². The van der Waals surface area contributed by atoms with Gasteiger partial charge in [-0.05, 0) is 76.9 Å². The lowest BCUT2D eigenvalue weighted by Crippen LogP contribution is -2.11. The fraction of sp³-hybridized carbons (Fsp3) is 0.385. The number of hydrogen-bond donors (Lipinski definition) is 2. The van der Waals surface area contributed by atoms with Gasteiger partial charge in [-0.1, -0.05) is 0 Å². The summed E-state index contributed by atoms with van der Waals surface area (Å²) in [5.41, 5.74) is 6.12. The number of nitrogens with one attached hydrogen (secondary N) is 2. The Bertz CT molecular complexity index is 1010. The van der Waals surface area contributed by atoms with Gasteiger partial charge in [0.05, 0.1) is 14.2 Å². The minimum atomic E-state index is 0.320. The smallest absolute Gasteiger partial charge is 0.127 e. The number of anilines is 2. The zero-order valence-electron chi connectivity index (χ0n) is 20.3. The first-order valence-corrected chi connectivity index (χ1v) is 11.0. The number of rotatable bonds is 8. The Morgan fingerprint density at radius 2 is 1.00 bits per heavy atom. The van der Waals surface area contributed by atoms with Crippen LogP contribution in [0.5, 0.6) is 11.5 Å². The van der Waals surface area contributed by atoms with E-state index in [2.05, 4.69) is 74.3 Å². The third-order valence-corrected chi connectivity index (χ3v) is 5.20. The van der Waals surface area contributed by atoms with Crippen LogP contribution in [0.1, 0.15) is 38.8 Å². The van der Waals surface area contributed by atoms with Crippen LogP contribution in [0.2, 0.25) is 0 Å². The number of ether oxygens (including phenoxy) is 2. The van der Waals surface area contributed by atoms with Crippen molar-refractivity contribution in [3.8, 4) is 33.8 Å². The monoisotopic (exact) mass is 434 g/mol. The number of methoxy groups -OCH3 is 2. The minimum Gasteiger partial charge on any atom is -0.496 e. The van der Waals surface area contributed by atoms with Gasteiger partial charge in [0, 0.05) is 46.7 Å². The van der Waals surface area contributed by atoms with Crippen LogP contribution < -0.4 is 20.1 Å². The highest BCUT2D eigenvalue weighted by atomic mass is 16.5. The second kappa shape index (κ2) is 9.90. The van der Waals surface area contributed by atoms with Gasteiger partial charge >= 0.3 is 0 Å². The van der Waals surface area contributed by atoms with E-state index in [1.807, 2.05) is 24.5 Å². The second-order valence-electron chi connectivity index (χ2n) is 8.62. The van der Waals surface area contributed by atoms with Crippen molar-refractivity contribution in [3.63, 3.8) is 0 Å². The Labute approximate surface area is 191 Å². The molecule has 0 saturated heterocycles. The molecule has 0 unspecified atom stereocenters. The second-order valence-corrected chi connectivity index (χ2v) is 8.62. The van der Waals surface area contributed by atoms with E-state index in [0.717, 1.165) is 56.5 Å². The molecule has 0 aliphatic heterocycles. The number of pyridine rings is 2. The van der Waals surface area contributed by atoms with Crippen molar-refractivity contribution in [1.82, 2.24) is 9.97 Å². The fourth-order valence-electron chi connectivity index (χ4n) is 3.74. The lowest BCUT2D eigenvalue weighted by atomic mass is 9.95. The summed E-state index contributed by atoms with van der Waals surface area (Å²) in [7, 11) is 3.38. The zero-order valence-corrected chi connectivity index (χ0v) is 20.3. The summed E-state index contributed by atoms with van der Waals surface area (Å²) in [6, 6.07) is 8.80. The number of aromatic nitrogens is 2. The third-order valence-electron chi connectivity index (χ3n) is 5.20. The highest BCUT2D eigenvalue weighted by Gasteiger charge is 2.18. The van der Waals surface area contributed by atoms with E-state index < -0.39 is 0 Å². The van der Waals surface area contributed by atoms with Crippen molar-refractivity contribution in [3.05, 3.63) is 47.8 Å². The highest BCUT2D eigenvalue weighted by Crippen LogP contribution is 2.42. The van der Waals surface area contributed by atoms with Gasteiger partial charge in [0.1, 0.15) is 23.1 Å². The molecular weight excluding hydrogens is 400 g/mol. The van der Waals surface area contributed by atoms with Gasteiger partial charge in [-0.25, -0.2) is 9.97 Å². The van der Waals surface area contributed by atoms with Crippen molar-refractivity contribution in [1.29, 1.82) is 0 Å².